The smallest absolute Gasteiger partial charge is 0.328 e. The molecule has 0 radical (unpaired) electrons. The molecule has 0 bridgehead atoms. The van der Waals surface area contributed by atoms with Gasteiger partial charge in [0.2, 0.25) is 5.91 Å². The van der Waals surface area contributed by atoms with Crippen LogP contribution in [-0.2, 0) is 20.7 Å². The van der Waals surface area contributed by atoms with Crippen molar-refractivity contribution >= 4 is 39.1 Å². The van der Waals surface area contributed by atoms with Gasteiger partial charge in [0.25, 0.3) is 0 Å². The van der Waals surface area contributed by atoms with Gasteiger partial charge in [-0.15, -0.1) is 11.3 Å². The number of carboxylic acid groups (broad SMARTS) is 1. The summed E-state index contributed by atoms with van der Waals surface area (Å²) in [7, 11) is 0. The molecule has 5 nitrogen and oxygen atoms in total. The van der Waals surface area contributed by atoms with Gasteiger partial charge in [-0.3, -0.25) is 4.79 Å². The highest BCUT2D eigenvalue weighted by molar-refractivity contribution is 9.11. The molecule has 0 aliphatic carbocycles. The van der Waals surface area contributed by atoms with Crippen molar-refractivity contribution in [3.05, 3.63) is 20.8 Å². The minimum Gasteiger partial charge on any atom is -0.480 e. The normalized spacial score (nSPS) is 19.8. The van der Waals surface area contributed by atoms with Crippen molar-refractivity contribution in [3.63, 3.8) is 0 Å². The Bertz CT molecular complexity index is 462. The number of morpholine rings is 1. The van der Waals surface area contributed by atoms with E-state index in [4.69, 9.17) is 9.84 Å². The summed E-state index contributed by atoms with van der Waals surface area (Å²) < 4.78 is 6.06. The zero-order valence-electron chi connectivity index (χ0n) is 9.47. The lowest BCUT2D eigenvalue weighted by Crippen LogP contribution is -2.53. The predicted octanol–water partition coefficient (Wildman–Crippen LogP) is 1.37. The number of aliphatic carboxylic acids is 1. The zero-order chi connectivity index (χ0) is 13.1. The molecular weight excluding hydrogens is 322 g/mol. The van der Waals surface area contributed by atoms with Gasteiger partial charge in [0, 0.05) is 11.4 Å². The summed E-state index contributed by atoms with van der Waals surface area (Å²) >= 11 is 4.81. The minimum absolute atomic E-state index is 0.0647. The zero-order valence-corrected chi connectivity index (χ0v) is 11.9. The van der Waals surface area contributed by atoms with Crippen LogP contribution >= 0.6 is 27.3 Å². The van der Waals surface area contributed by atoms with Crippen molar-refractivity contribution in [2.75, 3.05) is 19.8 Å². The Morgan fingerprint density at radius 2 is 2.33 bits per heavy atom. The van der Waals surface area contributed by atoms with Crippen molar-refractivity contribution in [3.8, 4) is 0 Å². The first-order valence-electron chi connectivity index (χ1n) is 5.42. The first-order chi connectivity index (χ1) is 8.58. The molecule has 1 fully saturated rings. The number of carbonyl (C=O) groups excluding carboxylic acids is 1. The molecule has 18 heavy (non-hydrogen) atoms. The second kappa shape index (κ2) is 5.81. The van der Waals surface area contributed by atoms with Crippen LogP contribution in [0.2, 0.25) is 0 Å². The maximum atomic E-state index is 12.1. The summed E-state index contributed by atoms with van der Waals surface area (Å²) in [6, 6.07) is 2.87. The molecule has 1 N–H and O–H groups in total. The van der Waals surface area contributed by atoms with Gasteiger partial charge in [-0.25, -0.2) is 4.79 Å². The third-order valence-corrected chi connectivity index (χ3v) is 4.31. The second-order valence-electron chi connectivity index (χ2n) is 3.90. The molecule has 2 heterocycles. The molecule has 1 aliphatic rings. The maximum absolute atomic E-state index is 12.1. The van der Waals surface area contributed by atoms with Crippen LogP contribution < -0.4 is 0 Å². The number of rotatable bonds is 3. The Balaban J connectivity index is 2.04. The van der Waals surface area contributed by atoms with Crippen LogP contribution in [0.1, 0.15) is 4.88 Å². The number of hydrogen-bond donors (Lipinski definition) is 1. The molecule has 7 heteroatoms. The van der Waals surface area contributed by atoms with Crippen molar-refractivity contribution in [1.29, 1.82) is 0 Å². The topological polar surface area (TPSA) is 66.8 Å². The van der Waals surface area contributed by atoms with Gasteiger partial charge in [0.05, 0.1) is 23.4 Å². The molecule has 98 valence electrons. The minimum atomic E-state index is -1.02. The number of carbonyl (C=O) groups is 2. The number of hydrogen-bond acceptors (Lipinski definition) is 4. The lowest BCUT2D eigenvalue weighted by atomic mass is 10.2. The lowest BCUT2D eigenvalue weighted by molar-refractivity contribution is -0.157. The Labute approximate surface area is 116 Å². The molecule has 1 saturated heterocycles. The highest BCUT2D eigenvalue weighted by Crippen LogP contribution is 2.23. The fraction of sp³-hybridized carbons (Fsp3) is 0.455. The standard InChI is InChI=1S/C11H12BrNO4S/c12-9-2-1-7(18-9)5-10(14)13-3-4-17-6-8(13)11(15)16/h1-2,8H,3-6H2,(H,15,16). The highest BCUT2D eigenvalue weighted by Gasteiger charge is 2.32. The molecule has 1 unspecified atom stereocenters. The molecule has 0 saturated carbocycles. The van der Waals surface area contributed by atoms with Gasteiger partial charge >= 0.3 is 5.97 Å². The van der Waals surface area contributed by atoms with Crippen molar-refractivity contribution in [2.24, 2.45) is 0 Å². The molecule has 1 atom stereocenters. The number of nitrogens with zero attached hydrogens (tertiary/aromatic N) is 1. The Morgan fingerprint density at radius 3 is 2.94 bits per heavy atom. The van der Waals surface area contributed by atoms with E-state index in [-0.39, 0.29) is 18.9 Å². The predicted molar refractivity (Wildman–Crippen MR) is 69.7 cm³/mol. The number of carboxylic acids is 1. The monoisotopic (exact) mass is 333 g/mol. The van der Waals surface area contributed by atoms with E-state index in [1.807, 2.05) is 12.1 Å². The van der Waals surface area contributed by atoms with Gasteiger partial charge in [-0.2, -0.15) is 0 Å². The van der Waals surface area contributed by atoms with Crippen LogP contribution in [0, 0.1) is 0 Å². The number of halogens is 1. The first kappa shape index (κ1) is 13.5. The van der Waals surface area contributed by atoms with E-state index in [9.17, 15) is 9.59 Å². The Kier molecular flexibility index (Phi) is 4.36. The average Bonchev–Trinajstić information content (AvgIpc) is 2.74. The molecule has 1 aliphatic heterocycles. The van der Waals surface area contributed by atoms with Crippen molar-refractivity contribution < 1.29 is 19.4 Å². The summed E-state index contributed by atoms with van der Waals surface area (Å²) in [6.07, 6.45) is 0.236. The largest absolute Gasteiger partial charge is 0.480 e. The first-order valence-corrected chi connectivity index (χ1v) is 7.03. The van der Waals surface area contributed by atoms with Gasteiger partial charge < -0.3 is 14.7 Å². The van der Waals surface area contributed by atoms with E-state index in [0.29, 0.717) is 13.2 Å². The Morgan fingerprint density at radius 1 is 1.56 bits per heavy atom. The average molecular weight is 334 g/mol. The van der Waals surface area contributed by atoms with Crippen molar-refractivity contribution in [1.82, 2.24) is 4.90 Å². The SMILES string of the molecule is O=C(O)C1COCCN1C(=O)Cc1ccc(Br)s1. The summed E-state index contributed by atoms with van der Waals surface area (Å²) in [5.74, 6) is -1.18. The summed E-state index contributed by atoms with van der Waals surface area (Å²) in [5, 5.41) is 9.05. The number of ether oxygens (including phenoxy) is 1. The number of amides is 1. The van der Waals surface area contributed by atoms with E-state index in [0.717, 1.165) is 8.66 Å². The van der Waals surface area contributed by atoms with E-state index in [1.54, 1.807) is 0 Å². The molecule has 0 aromatic carbocycles. The van der Waals surface area contributed by atoms with Gasteiger partial charge in [-0.05, 0) is 28.1 Å². The Hall–Kier alpha value is -0.920. The van der Waals surface area contributed by atoms with E-state index in [1.165, 1.54) is 16.2 Å². The fourth-order valence-corrected chi connectivity index (χ4v) is 3.28. The van der Waals surface area contributed by atoms with Crippen LogP contribution in [0.25, 0.3) is 0 Å². The van der Waals surface area contributed by atoms with E-state index in [2.05, 4.69) is 15.9 Å². The van der Waals surface area contributed by atoms with Crippen molar-refractivity contribution in [2.45, 2.75) is 12.5 Å². The van der Waals surface area contributed by atoms with Crippen LogP contribution in [0.4, 0.5) is 0 Å². The molecule has 1 aromatic rings. The third-order valence-electron chi connectivity index (χ3n) is 2.69. The molecule has 1 amide bonds. The molecular formula is C11H12BrNO4S. The quantitative estimate of drug-likeness (QED) is 0.907. The third kappa shape index (κ3) is 3.09. The van der Waals surface area contributed by atoms with Gasteiger partial charge in [0.15, 0.2) is 6.04 Å². The fourth-order valence-electron chi connectivity index (χ4n) is 1.80. The molecule has 1 aromatic heterocycles. The summed E-state index contributed by atoms with van der Waals surface area (Å²) in [5.41, 5.74) is 0. The van der Waals surface area contributed by atoms with Crippen LogP contribution in [-0.4, -0.2) is 47.7 Å². The van der Waals surface area contributed by atoms with Crippen LogP contribution in [0.5, 0.6) is 0 Å². The second-order valence-corrected chi connectivity index (χ2v) is 6.45. The lowest BCUT2D eigenvalue weighted by Gasteiger charge is -2.32. The molecule has 2 rings (SSSR count). The summed E-state index contributed by atoms with van der Waals surface area (Å²) in [6.45, 7) is 0.793. The molecule has 0 spiro atoms. The number of thiophene rings is 1. The summed E-state index contributed by atoms with van der Waals surface area (Å²) in [4.78, 5) is 25.4. The van der Waals surface area contributed by atoms with Gasteiger partial charge in [-0.1, -0.05) is 0 Å². The maximum Gasteiger partial charge on any atom is 0.328 e. The van der Waals surface area contributed by atoms with Gasteiger partial charge in [0.1, 0.15) is 0 Å². The van der Waals surface area contributed by atoms with E-state index < -0.39 is 12.0 Å². The van der Waals surface area contributed by atoms with Crippen LogP contribution in [0.15, 0.2) is 15.9 Å². The van der Waals surface area contributed by atoms with Crippen LogP contribution in [0.3, 0.4) is 0 Å². The van der Waals surface area contributed by atoms with E-state index >= 15 is 0 Å². The highest BCUT2D eigenvalue weighted by atomic mass is 79.9.